The minimum absolute atomic E-state index is 0.239. The van der Waals surface area contributed by atoms with E-state index in [9.17, 15) is 4.79 Å². The van der Waals surface area contributed by atoms with Crippen molar-refractivity contribution in [1.82, 2.24) is 0 Å². The van der Waals surface area contributed by atoms with Gasteiger partial charge in [0.15, 0.2) is 11.6 Å². The predicted molar refractivity (Wildman–Crippen MR) is 72.6 cm³/mol. The second-order valence-electron chi connectivity index (χ2n) is 6.62. The van der Waals surface area contributed by atoms with Crippen LogP contribution in [0.4, 0.5) is 0 Å². The van der Waals surface area contributed by atoms with E-state index in [1.165, 1.54) is 5.57 Å². The first-order valence-electron chi connectivity index (χ1n) is 7.02. The highest BCUT2D eigenvalue weighted by Crippen LogP contribution is 2.62. The van der Waals surface area contributed by atoms with Crippen LogP contribution in [0.5, 0.6) is 0 Å². The first kappa shape index (κ1) is 13.1. The van der Waals surface area contributed by atoms with Crippen LogP contribution in [0, 0.1) is 10.8 Å². The van der Waals surface area contributed by atoms with Crippen LogP contribution in [0.3, 0.4) is 0 Å². The largest absolute Gasteiger partial charge is 0.343 e. The Hall–Kier alpha value is -0.930. The van der Waals surface area contributed by atoms with Gasteiger partial charge in [-0.1, -0.05) is 25.5 Å². The number of Topliss-reactive ketones (excluding diaryl/α,β-unsaturated/α-hetero) is 1. The summed E-state index contributed by atoms with van der Waals surface area (Å²) in [6.07, 6.45) is 5.73. The Morgan fingerprint density at radius 3 is 2.42 bits per heavy atom. The fourth-order valence-electron chi connectivity index (χ4n) is 4.05. The summed E-state index contributed by atoms with van der Waals surface area (Å²) in [5, 5.41) is 0. The molecule has 1 saturated heterocycles. The maximum absolute atomic E-state index is 12.7. The topological polar surface area (TPSA) is 35.5 Å². The average Bonchev–Trinajstić information content (AvgIpc) is 2.82. The molecular weight excluding hydrogens is 240 g/mol. The lowest BCUT2D eigenvalue weighted by molar-refractivity contribution is -0.238. The number of hydrogen-bond donors (Lipinski definition) is 0. The van der Waals surface area contributed by atoms with E-state index >= 15 is 0 Å². The molecule has 0 amide bonds. The second kappa shape index (κ2) is 3.80. The molecule has 104 valence electrons. The first-order valence-corrected chi connectivity index (χ1v) is 7.02. The van der Waals surface area contributed by atoms with E-state index in [1.54, 1.807) is 0 Å². The molecule has 0 bridgehead atoms. The van der Waals surface area contributed by atoms with Crippen molar-refractivity contribution in [2.24, 2.45) is 10.8 Å². The molecule has 0 aromatic carbocycles. The SMILES string of the molecule is CC1=CC[C@]2(C)C(=O)C(C)=CC3(OCCO3)[C@]2(C)C1. The highest BCUT2D eigenvalue weighted by Gasteiger charge is 2.66. The van der Waals surface area contributed by atoms with Crippen LogP contribution < -0.4 is 0 Å². The molecule has 3 nitrogen and oxygen atoms in total. The molecule has 1 heterocycles. The van der Waals surface area contributed by atoms with Crippen LogP contribution in [-0.4, -0.2) is 24.8 Å². The van der Waals surface area contributed by atoms with Crippen molar-refractivity contribution >= 4 is 5.78 Å². The molecule has 0 radical (unpaired) electrons. The summed E-state index contributed by atoms with van der Waals surface area (Å²) < 4.78 is 12.0. The summed E-state index contributed by atoms with van der Waals surface area (Å²) in [5.41, 5.74) is 1.33. The Balaban J connectivity index is 2.22. The van der Waals surface area contributed by atoms with E-state index in [4.69, 9.17) is 9.47 Å². The van der Waals surface area contributed by atoms with E-state index in [0.717, 1.165) is 18.4 Å². The minimum Gasteiger partial charge on any atom is -0.343 e. The van der Waals surface area contributed by atoms with Crippen molar-refractivity contribution in [2.75, 3.05) is 13.2 Å². The van der Waals surface area contributed by atoms with E-state index in [-0.39, 0.29) is 11.2 Å². The van der Waals surface area contributed by atoms with Crippen LogP contribution >= 0.6 is 0 Å². The van der Waals surface area contributed by atoms with Gasteiger partial charge in [-0.05, 0) is 38.3 Å². The number of allylic oxidation sites excluding steroid dienone is 3. The number of rotatable bonds is 0. The lowest BCUT2D eigenvalue weighted by atomic mass is 9.49. The molecule has 0 unspecified atom stereocenters. The van der Waals surface area contributed by atoms with Crippen molar-refractivity contribution in [3.63, 3.8) is 0 Å². The van der Waals surface area contributed by atoms with Crippen molar-refractivity contribution in [1.29, 1.82) is 0 Å². The molecule has 3 rings (SSSR count). The van der Waals surface area contributed by atoms with Crippen LogP contribution in [-0.2, 0) is 14.3 Å². The number of hydrogen-bond acceptors (Lipinski definition) is 3. The zero-order valence-electron chi connectivity index (χ0n) is 12.2. The van der Waals surface area contributed by atoms with Crippen molar-refractivity contribution in [2.45, 2.75) is 46.3 Å². The van der Waals surface area contributed by atoms with Gasteiger partial charge in [0.2, 0.25) is 0 Å². The Labute approximate surface area is 114 Å². The molecule has 1 spiro atoms. The number of ketones is 1. The van der Waals surface area contributed by atoms with Crippen LogP contribution in [0.2, 0.25) is 0 Å². The summed E-state index contributed by atoms with van der Waals surface area (Å²) in [6, 6.07) is 0. The highest BCUT2D eigenvalue weighted by atomic mass is 16.7. The monoisotopic (exact) mass is 262 g/mol. The number of ether oxygens (including phenoxy) is 2. The van der Waals surface area contributed by atoms with E-state index < -0.39 is 11.2 Å². The summed E-state index contributed by atoms with van der Waals surface area (Å²) in [5.74, 6) is -0.488. The molecule has 3 aliphatic rings. The maximum Gasteiger partial charge on any atom is 0.195 e. The van der Waals surface area contributed by atoms with Crippen LogP contribution in [0.15, 0.2) is 23.3 Å². The highest BCUT2D eigenvalue weighted by molar-refractivity contribution is 6.01. The summed E-state index contributed by atoms with van der Waals surface area (Å²) in [4.78, 5) is 12.7. The summed E-state index contributed by atoms with van der Waals surface area (Å²) in [7, 11) is 0. The molecule has 0 aromatic rings. The quantitative estimate of drug-likeness (QED) is 0.629. The Morgan fingerprint density at radius 1 is 1.16 bits per heavy atom. The smallest absolute Gasteiger partial charge is 0.195 e. The third-order valence-corrected chi connectivity index (χ3v) is 5.46. The van der Waals surface area contributed by atoms with E-state index in [0.29, 0.717) is 13.2 Å². The van der Waals surface area contributed by atoms with Gasteiger partial charge in [-0.2, -0.15) is 0 Å². The third-order valence-electron chi connectivity index (χ3n) is 5.46. The summed E-state index contributed by atoms with van der Waals surface area (Å²) >= 11 is 0. The van der Waals surface area contributed by atoms with Crippen LogP contribution in [0.25, 0.3) is 0 Å². The molecule has 3 heteroatoms. The molecule has 2 atom stereocenters. The van der Waals surface area contributed by atoms with E-state index in [2.05, 4.69) is 26.8 Å². The number of carbonyl (C=O) groups excluding carboxylic acids is 1. The molecule has 19 heavy (non-hydrogen) atoms. The Morgan fingerprint density at radius 2 is 1.79 bits per heavy atom. The molecule has 0 N–H and O–H groups in total. The molecule has 0 saturated carbocycles. The Bertz CT molecular complexity index is 496. The molecule has 2 aliphatic carbocycles. The lowest BCUT2D eigenvalue weighted by Crippen LogP contribution is -2.62. The van der Waals surface area contributed by atoms with Gasteiger partial charge in [-0.15, -0.1) is 0 Å². The van der Waals surface area contributed by atoms with Crippen molar-refractivity contribution in [3.8, 4) is 0 Å². The fraction of sp³-hybridized carbons (Fsp3) is 0.688. The summed E-state index contributed by atoms with van der Waals surface area (Å²) in [6.45, 7) is 9.43. The predicted octanol–water partition coefficient (Wildman–Crippen LogP) is 3.01. The molecule has 0 aromatic heterocycles. The fourth-order valence-corrected chi connectivity index (χ4v) is 4.05. The standard InChI is InChI=1S/C16H22O3/c1-11-5-6-14(3)13(17)12(2)10-16(15(14,4)9-11)18-7-8-19-16/h5,10H,6-9H2,1-4H3/t14-,15-/m1/s1. The van der Waals surface area contributed by atoms with Crippen molar-refractivity contribution < 1.29 is 14.3 Å². The zero-order valence-corrected chi connectivity index (χ0v) is 12.2. The zero-order chi connectivity index (χ0) is 13.9. The first-order chi connectivity index (χ1) is 8.85. The van der Waals surface area contributed by atoms with Gasteiger partial charge < -0.3 is 9.47 Å². The normalized spacial score (nSPS) is 40.9. The minimum atomic E-state index is -0.727. The van der Waals surface area contributed by atoms with Gasteiger partial charge >= 0.3 is 0 Å². The maximum atomic E-state index is 12.7. The van der Waals surface area contributed by atoms with E-state index in [1.807, 2.05) is 13.0 Å². The average molecular weight is 262 g/mol. The Kier molecular flexibility index (Phi) is 2.61. The molecule has 1 aliphatic heterocycles. The number of fused-ring (bicyclic) bond motifs is 2. The molecular formula is C16H22O3. The van der Waals surface area contributed by atoms with Gasteiger partial charge in [-0.25, -0.2) is 0 Å². The van der Waals surface area contributed by atoms with Crippen molar-refractivity contribution in [3.05, 3.63) is 23.3 Å². The van der Waals surface area contributed by atoms with Gasteiger partial charge in [0.1, 0.15) is 0 Å². The van der Waals surface area contributed by atoms with Gasteiger partial charge in [0.05, 0.1) is 13.2 Å². The second-order valence-corrected chi connectivity index (χ2v) is 6.62. The van der Waals surface area contributed by atoms with Gasteiger partial charge in [0, 0.05) is 10.8 Å². The van der Waals surface area contributed by atoms with Gasteiger partial charge in [0.25, 0.3) is 0 Å². The molecule has 1 fully saturated rings. The lowest BCUT2D eigenvalue weighted by Gasteiger charge is -2.57. The van der Waals surface area contributed by atoms with Gasteiger partial charge in [-0.3, -0.25) is 4.79 Å². The van der Waals surface area contributed by atoms with Crippen LogP contribution in [0.1, 0.15) is 40.5 Å². The number of carbonyl (C=O) groups is 1. The third kappa shape index (κ3) is 1.43.